The molecule has 1 heterocycles. The fraction of sp³-hybridized carbons (Fsp3) is 1.00. The monoisotopic (exact) mass is 584 g/mol. The van der Waals surface area contributed by atoms with E-state index in [2.05, 4.69) is 20.9 Å². The lowest BCUT2D eigenvalue weighted by Gasteiger charge is -2.48. The molecular weight excluding hydrogens is 506 g/mol. The van der Waals surface area contributed by atoms with Crippen molar-refractivity contribution >= 4 is 0 Å². The Kier molecular flexibility index (Phi) is 25.9. The summed E-state index contributed by atoms with van der Waals surface area (Å²) in [6, 6.07) is 0. The normalized spacial score (nSPS) is 21.1. The molecule has 0 aromatic carbocycles. The first-order valence-electron chi connectivity index (χ1n) is 18.6. The van der Waals surface area contributed by atoms with Gasteiger partial charge in [-0.15, -0.1) is 0 Å². The van der Waals surface area contributed by atoms with E-state index in [1.165, 1.54) is 170 Å². The van der Waals surface area contributed by atoms with Crippen LogP contribution in [0.3, 0.4) is 0 Å². The zero-order valence-electron chi connectivity index (χ0n) is 28.6. The molecule has 0 unspecified atom stereocenters. The third-order valence-corrected chi connectivity index (χ3v) is 9.83. The van der Waals surface area contributed by atoms with Gasteiger partial charge in [0.05, 0.1) is 26.8 Å². The molecule has 0 bridgehead atoms. The Morgan fingerprint density at radius 3 is 1.24 bits per heavy atom. The Hall–Kier alpha value is -0.200. The Morgan fingerprint density at radius 1 is 0.439 bits per heavy atom. The van der Waals surface area contributed by atoms with Crippen LogP contribution >= 0.6 is 0 Å². The molecule has 5 heteroatoms. The number of rotatable bonds is 31. The van der Waals surface area contributed by atoms with E-state index >= 15 is 0 Å². The number of unbranched alkanes of at least 4 members (excludes halogenated alkanes) is 18. The van der Waals surface area contributed by atoms with Gasteiger partial charge in [0.25, 0.3) is 0 Å². The zero-order chi connectivity index (χ0) is 29.7. The predicted molar refractivity (Wildman–Crippen MR) is 180 cm³/mol. The number of hydrogen-bond acceptors (Lipinski definition) is 3. The molecule has 246 valence electrons. The van der Waals surface area contributed by atoms with E-state index in [9.17, 15) is 0 Å². The van der Waals surface area contributed by atoms with E-state index in [0.717, 1.165) is 52.5 Å². The minimum absolute atomic E-state index is 0.804. The lowest BCUT2D eigenvalue weighted by Crippen LogP contribution is -2.67. The van der Waals surface area contributed by atoms with Crippen molar-refractivity contribution < 1.29 is 18.4 Å². The highest BCUT2D eigenvalue weighted by Crippen LogP contribution is 2.19. The van der Waals surface area contributed by atoms with Crippen molar-refractivity contribution in [3.63, 3.8) is 0 Å². The van der Waals surface area contributed by atoms with Crippen LogP contribution < -0.4 is 5.73 Å². The van der Waals surface area contributed by atoms with Crippen molar-refractivity contribution in [1.82, 2.24) is 0 Å². The smallest absolute Gasteiger partial charge is 0.129 e. The van der Waals surface area contributed by atoms with Crippen LogP contribution in [0.1, 0.15) is 149 Å². The summed E-state index contributed by atoms with van der Waals surface area (Å²) in [5.74, 6) is 0. The van der Waals surface area contributed by atoms with Crippen LogP contribution in [-0.4, -0.2) is 94.8 Å². The van der Waals surface area contributed by atoms with Gasteiger partial charge in [-0.2, -0.15) is 0 Å². The van der Waals surface area contributed by atoms with Gasteiger partial charge in [0.2, 0.25) is 0 Å². The molecule has 0 atom stereocenters. The van der Waals surface area contributed by atoms with Crippen LogP contribution in [0.5, 0.6) is 0 Å². The molecule has 1 saturated heterocycles. The maximum absolute atomic E-state index is 6.15. The second-order valence-corrected chi connectivity index (χ2v) is 13.8. The van der Waals surface area contributed by atoms with Crippen molar-refractivity contribution in [2.24, 2.45) is 5.73 Å². The third-order valence-electron chi connectivity index (χ3n) is 9.83. The molecule has 0 radical (unpaired) electrons. The summed E-state index contributed by atoms with van der Waals surface area (Å²) in [7, 11) is 2.45. The summed E-state index contributed by atoms with van der Waals surface area (Å²) in [5.41, 5.74) is 5.93. The maximum atomic E-state index is 6.15. The number of ether oxygens (including phenoxy) is 2. The van der Waals surface area contributed by atoms with Gasteiger partial charge in [-0.25, -0.2) is 0 Å². The second kappa shape index (κ2) is 27.4. The van der Waals surface area contributed by atoms with Crippen molar-refractivity contribution in [1.29, 1.82) is 0 Å². The first kappa shape index (κ1) is 38.8. The highest BCUT2D eigenvalue weighted by atomic mass is 16.5. The van der Waals surface area contributed by atoms with Crippen LogP contribution in [-0.2, 0) is 9.47 Å². The summed E-state index contributed by atoms with van der Waals surface area (Å²) in [6.07, 6.45) is 28.8. The minimum Gasteiger partial charge on any atom is -0.376 e. The average molecular weight is 584 g/mol. The highest BCUT2D eigenvalue weighted by Gasteiger charge is 2.39. The minimum atomic E-state index is 0.804. The summed E-state index contributed by atoms with van der Waals surface area (Å²) >= 11 is 0. The summed E-state index contributed by atoms with van der Waals surface area (Å²) in [6.45, 7) is 17.7. The molecule has 0 amide bonds. The van der Waals surface area contributed by atoms with E-state index in [1.54, 1.807) is 0 Å². The quantitative estimate of drug-likeness (QED) is 0.0657. The van der Waals surface area contributed by atoms with Crippen LogP contribution in [0.25, 0.3) is 0 Å². The fourth-order valence-electron chi connectivity index (χ4n) is 6.47. The second-order valence-electron chi connectivity index (χ2n) is 13.8. The lowest BCUT2D eigenvalue weighted by atomic mass is 10.1. The number of nitrogens with zero attached hydrogens (tertiary/aromatic N) is 2. The van der Waals surface area contributed by atoms with Crippen LogP contribution in [0.2, 0.25) is 0 Å². The van der Waals surface area contributed by atoms with Gasteiger partial charge in [0.15, 0.2) is 0 Å². The van der Waals surface area contributed by atoms with Crippen LogP contribution in [0.15, 0.2) is 0 Å². The Balaban J connectivity index is 2.08. The zero-order valence-corrected chi connectivity index (χ0v) is 28.6. The van der Waals surface area contributed by atoms with Gasteiger partial charge in [0, 0.05) is 19.6 Å². The molecule has 2 N–H and O–H groups in total. The van der Waals surface area contributed by atoms with E-state index in [-0.39, 0.29) is 0 Å². The van der Waals surface area contributed by atoms with E-state index in [4.69, 9.17) is 15.2 Å². The molecular formula is C36H77N3O2+2. The summed E-state index contributed by atoms with van der Waals surface area (Å²) < 4.78 is 14.6. The van der Waals surface area contributed by atoms with Gasteiger partial charge in [-0.3, -0.25) is 0 Å². The van der Waals surface area contributed by atoms with Gasteiger partial charge in [-0.05, 0) is 19.4 Å². The Bertz CT molecular complexity index is 537. The van der Waals surface area contributed by atoms with Crippen LogP contribution in [0.4, 0.5) is 0 Å². The molecule has 1 aliphatic rings. The summed E-state index contributed by atoms with van der Waals surface area (Å²) in [4.78, 5) is 0. The Morgan fingerprint density at radius 2 is 0.829 bits per heavy atom. The topological polar surface area (TPSA) is 44.5 Å². The van der Waals surface area contributed by atoms with Gasteiger partial charge < -0.3 is 24.2 Å². The van der Waals surface area contributed by atoms with E-state index < -0.39 is 0 Å². The lowest BCUT2D eigenvalue weighted by molar-refractivity contribution is -1.02. The number of quaternary nitrogens is 2. The molecule has 0 aliphatic carbocycles. The highest BCUT2D eigenvalue weighted by molar-refractivity contribution is 4.56. The van der Waals surface area contributed by atoms with E-state index in [0.29, 0.717) is 0 Å². The largest absolute Gasteiger partial charge is 0.376 e. The average Bonchev–Trinajstić information content (AvgIpc) is 2.98. The third kappa shape index (κ3) is 22.0. The molecule has 1 fully saturated rings. The standard InChI is InChI=1S/C36H77N3O2/c1-4-6-8-10-12-14-16-18-20-22-33-40-35-31-38(3)27-29-39(30-28-38,26-24-25-37)32-36-41-34-23-21-19-17-15-13-11-9-7-5-2/h4-37H2,1-3H3/q+2. The van der Waals surface area contributed by atoms with Gasteiger partial charge >= 0.3 is 0 Å². The number of likely N-dealkylation sites (N-methyl/N-ethyl adjacent to an activating group) is 1. The number of hydrogen-bond donors (Lipinski definition) is 1. The van der Waals surface area contributed by atoms with Crippen molar-refractivity contribution in [2.75, 3.05) is 85.8 Å². The molecule has 0 spiro atoms. The van der Waals surface area contributed by atoms with Crippen molar-refractivity contribution in [2.45, 2.75) is 149 Å². The number of nitrogens with two attached hydrogens (primary N) is 1. The maximum Gasteiger partial charge on any atom is 0.129 e. The molecule has 1 rings (SSSR count). The van der Waals surface area contributed by atoms with Gasteiger partial charge in [-0.1, -0.05) is 129 Å². The predicted octanol–water partition coefficient (Wildman–Crippen LogP) is 8.49. The molecule has 5 nitrogen and oxygen atoms in total. The molecule has 0 saturated carbocycles. The summed E-state index contributed by atoms with van der Waals surface area (Å²) in [5, 5.41) is 0. The molecule has 0 aromatic heterocycles. The van der Waals surface area contributed by atoms with Crippen molar-refractivity contribution in [3.05, 3.63) is 0 Å². The number of piperazine rings is 1. The van der Waals surface area contributed by atoms with Gasteiger partial charge in [0.1, 0.15) is 39.3 Å². The van der Waals surface area contributed by atoms with E-state index in [1.807, 2.05) is 0 Å². The van der Waals surface area contributed by atoms with Crippen LogP contribution in [0, 0.1) is 0 Å². The first-order chi connectivity index (χ1) is 20.1. The molecule has 41 heavy (non-hydrogen) atoms. The SMILES string of the molecule is CCCCCCCCCCCCOCC[N+]1(C)CC[N+](CCCN)(CCOCCCCCCCCCCCC)CC1. The fourth-order valence-corrected chi connectivity index (χ4v) is 6.47. The molecule has 0 aromatic rings. The van der Waals surface area contributed by atoms with Crippen molar-refractivity contribution in [3.8, 4) is 0 Å². The first-order valence-corrected chi connectivity index (χ1v) is 18.6. The molecule has 1 aliphatic heterocycles. The Labute approximate surface area is 258 Å².